The second-order valence-electron chi connectivity index (χ2n) is 7.38. The van der Waals surface area contributed by atoms with Crippen LogP contribution in [0.2, 0.25) is 0 Å². The molecule has 5 nitrogen and oxygen atoms in total. The molecule has 1 unspecified atom stereocenters. The molecule has 0 aromatic heterocycles. The fraction of sp³-hybridized carbons (Fsp3) is 0.400. The molecule has 0 bridgehead atoms. The second-order valence-corrected chi connectivity index (χ2v) is 10.4. The molecule has 0 saturated carbocycles. The zero-order chi connectivity index (χ0) is 20.2. The van der Waals surface area contributed by atoms with Gasteiger partial charge in [0, 0.05) is 3.57 Å². The molecule has 0 aliphatic rings. The molecule has 7 heteroatoms. The molecule has 0 fully saturated rings. The molecule has 2 rings (SSSR count). The Bertz CT molecular complexity index is 860. The van der Waals surface area contributed by atoms with Crippen LogP contribution in [0.4, 0.5) is 5.69 Å². The lowest BCUT2D eigenvalue weighted by atomic mass is 10.2. The first-order valence-corrected chi connectivity index (χ1v) is 11.2. The number of rotatable bonds is 7. The van der Waals surface area contributed by atoms with Crippen molar-refractivity contribution in [2.24, 2.45) is 0 Å². The lowest BCUT2D eigenvalue weighted by Gasteiger charge is -2.29. The standard InChI is InChI=1S/C20H26INO4S/c1-15-9-11-17(12-10-15)27(24,25)22(19-8-6-5-7-18(19)21)13-16(23)14-26-20(2,3)4/h5-12,16,23H,13-14H2,1-4H3. The van der Waals surface area contributed by atoms with E-state index in [9.17, 15) is 13.5 Å². The van der Waals surface area contributed by atoms with Gasteiger partial charge in [0.15, 0.2) is 0 Å². The van der Waals surface area contributed by atoms with Gasteiger partial charge in [0.1, 0.15) is 0 Å². The molecule has 1 N–H and O–H groups in total. The van der Waals surface area contributed by atoms with E-state index >= 15 is 0 Å². The number of hydrogen-bond donors (Lipinski definition) is 1. The van der Waals surface area contributed by atoms with Gasteiger partial charge in [-0.25, -0.2) is 8.42 Å². The van der Waals surface area contributed by atoms with E-state index in [0.29, 0.717) is 5.69 Å². The van der Waals surface area contributed by atoms with Gasteiger partial charge in [-0.1, -0.05) is 29.8 Å². The van der Waals surface area contributed by atoms with Crippen molar-refractivity contribution in [1.82, 2.24) is 0 Å². The van der Waals surface area contributed by atoms with Crippen LogP contribution in [-0.2, 0) is 14.8 Å². The van der Waals surface area contributed by atoms with E-state index in [1.54, 1.807) is 36.4 Å². The van der Waals surface area contributed by atoms with Gasteiger partial charge in [-0.05, 0) is 74.6 Å². The fourth-order valence-corrected chi connectivity index (χ4v) is 4.77. The first-order chi connectivity index (χ1) is 12.5. The summed E-state index contributed by atoms with van der Waals surface area (Å²) in [6.45, 7) is 7.53. The Morgan fingerprint density at radius 2 is 1.70 bits per heavy atom. The van der Waals surface area contributed by atoms with Crippen LogP contribution < -0.4 is 4.31 Å². The average Bonchev–Trinajstić information content (AvgIpc) is 2.58. The molecule has 2 aromatic carbocycles. The Kier molecular flexibility index (Phi) is 7.29. The number of anilines is 1. The Hall–Kier alpha value is -1.16. The van der Waals surface area contributed by atoms with Crippen LogP contribution in [0.15, 0.2) is 53.4 Å². The van der Waals surface area contributed by atoms with Crippen LogP contribution in [0.5, 0.6) is 0 Å². The normalized spacial score (nSPS) is 13.4. The summed E-state index contributed by atoms with van der Waals surface area (Å²) in [6, 6.07) is 13.9. The number of sulfonamides is 1. The zero-order valence-corrected chi connectivity index (χ0v) is 19.0. The van der Waals surface area contributed by atoms with Crippen LogP contribution in [0.3, 0.4) is 0 Å². The Morgan fingerprint density at radius 3 is 2.26 bits per heavy atom. The maximum atomic E-state index is 13.3. The van der Waals surface area contributed by atoms with Crippen LogP contribution in [0, 0.1) is 10.5 Å². The molecule has 2 aromatic rings. The number of halogens is 1. The van der Waals surface area contributed by atoms with Gasteiger partial charge >= 0.3 is 0 Å². The average molecular weight is 503 g/mol. The number of aliphatic hydroxyl groups is 1. The largest absolute Gasteiger partial charge is 0.389 e. The molecule has 0 radical (unpaired) electrons. The molecule has 148 valence electrons. The van der Waals surface area contributed by atoms with Crippen LogP contribution in [0.25, 0.3) is 0 Å². The van der Waals surface area contributed by atoms with E-state index in [1.807, 2.05) is 39.8 Å². The van der Waals surface area contributed by atoms with Crippen molar-refractivity contribution in [3.8, 4) is 0 Å². The minimum atomic E-state index is -3.83. The SMILES string of the molecule is Cc1ccc(S(=O)(=O)N(CC(O)COC(C)(C)C)c2ccccc2I)cc1. The van der Waals surface area contributed by atoms with Gasteiger partial charge in [0.2, 0.25) is 0 Å². The highest BCUT2D eigenvalue weighted by molar-refractivity contribution is 14.1. The van der Waals surface area contributed by atoms with Crippen molar-refractivity contribution in [3.05, 3.63) is 57.7 Å². The summed E-state index contributed by atoms with van der Waals surface area (Å²) in [7, 11) is -3.83. The highest BCUT2D eigenvalue weighted by Crippen LogP contribution is 2.28. The number of aliphatic hydroxyl groups excluding tert-OH is 1. The number of benzene rings is 2. The minimum Gasteiger partial charge on any atom is -0.389 e. The molecule has 0 aliphatic heterocycles. The lowest BCUT2D eigenvalue weighted by Crippen LogP contribution is -2.40. The van der Waals surface area contributed by atoms with Crippen molar-refractivity contribution < 1.29 is 18.3 Å². The van der Waals surface area contributed by atoms with E-state index in [1.165, 1.54) is 4.31 Å². The van der Waals surface area contributed by atoms with Crippen molar-refractivity contribution in [2.75, 3.05) is 17.5 Å². The molecule has 0 amide bonds. The van der Waals surface area contributed by atoms with Crippen molar-refractivity contribution in [2.45, 2.75) is 44.3 Å². The number of aryl methyl sites for hydroxylation is 1. The molecule has 27 heavy (non-hydrogen) atoms. The predicted octanol–water partition coefficient (Wildman–Crippen LogP) is 3.97. The monoisotopic (exact) mass is 503 g/mol. The van der Waals surface area contributed by atoms with E-state index in [-0.39, 0.29) is 18.0 Å². The smallest absolute Gasteiger partial charge is 0.264 e. The van der Waals surface area contributed by atoms with Crippen molar-refractivity contribution >= 4 is 38.3 Å². The second kappa shape index (κ2) is 8.89. The first-order valence-electron chi connectivity index (χ1n) is 8.67. The quantitative estimate of drug-likeness (QED) is 0.581. The number of ether oxygens (including phenoxy) is 1. The predicted molar refractivity (Wildman–Crippen MR) is 117 cm³/mol. The highest BCUT2D eigenvalue weighted by Gasteiger charge is 2.29. The first kappa shape index (κ1) is 22.1. The lowest BCUT2D eigenvalue weighted by molar-refractivity contribution is -0.0456. The van der Waals surface area contributed by atoms with Gasteiger partial charge in [-0.2, -0.15) is 0 Å². The molecule has 0 heterocycles. The Labute approximate surface area is 175 Å². The molecule has 0 spiro atoms. The fourth-order valence-electron chi connectivity index (χ4n) is 2.41. The zero-order valence-electron chi connectivity index (χ0n) is 16.0. The third kappa shape index (κ3) is 6.17. The molecule has 1 atom stereocenters. The van der Waals surface area contributed by atoms with Crippen molar-refractivity contribution in [1.29, 1.82) is 0 Å². The minimum absolute atomic E-state index is 0.0484. The topological polar surface area (TPSA) is 66.8 Å². The van der Waals surface area contributed by atoms with Gasteiger partial charge in [0.25, 0.3) is 10.0 Å². The molecule has 0 saturated heterocycles. The molecule has 0 aliphatic carbocycles. The molecular formula is C20H26INO4S. The third-order valence-electron chi connectivity index (χ3n) is 3.82. The summed E-state index contributed by atoms with van der Waals surface area (Å²) in [4.78, 5) is 0.191. The van der Waals surface area contributed by atoms with Gasteiger partial charge < -0.3 is 9.84 Å². The van der Waals surface area contributed by atoms with Gasteiger partial charge in [-0.3, -0.25) is 4.31 Å². The Balaban J connectivity index is 2.38. The van der Waals surface area contributed by atoms with E-state index < -0.39 is 21.7 Å². The summed E-state index contributed by atoms with van der Waals surface area (Å²) in [5, 5.41) is 10.5. The van der Waals surface area contributed by atoms with E-state index in [2.05, 4.69) is 22.6 Å². The summed E-state index contributed by atoms with van der Waals surface area (Å²) in [6.07, 6.45) is -0.958. The summed E-state index contributed by atoms with van der Waals surface area (Å²) in [5.74, 6) is 0. The number of nitrogens with zero attached hydrogens (tertiary/aromatic N) is 1. The van der Waals surface area contributed by atoms with Gasteiger partial charge in [0.05, 0.1) is 35.4 Å². The van der Waals surface area contributed by atoms with Crippen molar-refractivity contribution in [3.63, 3.8) is 0 Å². The maximum absolute atomic E-state index is 13.3. The van der Waals surface area contributed by atoms with Crippen LogP contribution in [0.1, 0.15) is 26.3 Å². The highest BCUT2D eigenvalue weighted by atomic mass is 127. The Morgan fingerprint density at radius 1 is 1.11 bits per heavy atom. The molecular weight excluding hydrogens is 477 g/mol. The maximum Gasteiger partial charge on any atom is 0.264 e. The summed E-state index contributed by atoms with van der Waals surface area (Å²) in [5.41, 5.74) is 1.10. The number of hydrogen-bond acceptors (Lipinski definition) is 4. The number of para-hydroxylation sites is 1. The van der Waals surface area contributed by atoms with E-state index in [4.69, 9.17) is 4.74 Å². The van der Waals surface area contributed by atoms with E-state index in [0.717, 1.165) is 9.13 Å². The van der Waals surface area contributed by atoms with Gasteiger partial charge in [-0.15, -0.1) is 0 Å². The van der Waals surface area contributed by atoms with Crippen LogP contribution in [-0.4, -0.2) is 38.4 Å². The third-order valence-corrected chi connectivity index (χ3v) is 6.52. The van der Waals surface area contributed by atoms with Crippen LogP contribution >= 0.6 is 22.6 Å². The summed E-state index contributed by atoms with van der Waals surface area (Å²) >= 11 is 2.10. The summed E-state index contributed by atoms with van der Waals surface area (Å²) < 4.78 is 34.3.